The van der Waals surface area contributed by atoms with Crippen molar-refractivity contribution >= 4 is 22.0 Å². The van der Waals surface area contributed by atoms with Gasteiger partial charge in [0.2, 0.25) is 16.0 Å². The molecule has 1 aromatic rings. The maximum absolute atomic E-state index is 12.3. The van der Waals surface area contributed by atoms with Gasteiger partial charge in [0.1, 0.15) is 0 Å². The molecule has 2 amide bonds. The molecule has 8 nitrogen and oxygen atoms in total. The zero-order chi connectivity index (χ0) is 17.2. The van der Waals surface area contributed by atoms with Crippen molar-refractivity contribution in [3.63, 3.8) is 0 Å². The summed E-state index contributed by atoms with van der Waals surface area (Å²) in [5, 5.41) is 2.68. The first-order chi connectivity index (χ1) is 10.7. The molecule has 1 aromatic heterocycles. The summed E-state index contributed by atoms with van der Waals surface area (Å²) in [6.07, 6.45) is 2.80. The molecule has 23 heavy (non-hydrogen) atoms. The number of carbonyl (C=O) groups excluding carboxylic acids is 1. The zero-order valence-corrected chi connectivity index (χ0v) is 14.7. The molecule has 0 spiro atoms. The number of nitrogens with zero attached hydrogens (tertiary/aromatic N) is 4. The molecule has 0 bridgehead atoms. The van der Waals surface area contributed by atoms with Gasteiger partial charge in [-0.1, -0.05) is 13.8 Å². The minimum absolute atomic E-state index is 0.243. The maximum atomic E-state index is 12.3. The van der Waals surface area contributed by atoms with E-state index in [1.54, 1.807) is 18.0 Å². The van der Waals surface area contributed by atoms with Crippen molar-refractivity contribution in [1.29, 1.82) is 0 Å². The summed E-state index contributed by atoms with van der Waals surface area (Å²) in [6, 6.07) is 1.24. The van der Waals surface area contributed by atoms with Gasteiger partial charge in [0.25, 0.3) is 0 Å². The Hall–Kier alpha value is -1.74. The van der Waals surface area contributed by atoms with Crippen molar-refractivity contribution < 1.29 is 13.2 Å². The normalized spacial score (nSPS) is 19.9. The van der Waals surface area contributed by atoms with E-state index in [9.17, 15) is 13.2 Å². The Bertz CT molecular complexity index is 677. The Labute approximate surface area is 137 Å². The van der Waals surface area contributed by atoms with Gasteiger partial charge in [-0.2, -0.15) is 4.31 Å². The lowest BCUT2D eigenvalue weighted by molar-refractivity contribution is 0.157. The standard InChI is InChI=1S/C14H23N5O3S/c1-10(2)12-5-6-15-13(16-12)17-14(20)18-7-8-19(11(3)9-18)23(4,21)22/h5-6,10-11H,7-9H2,1-4H3,(H,15,16,17,20)/t11-/m0/s1. The quantitative estimate of drug-likeness (QED) is 0.888. The van der Waals surface area contributed by atoms with Crippen LogP contribution >= 0.6 is 0 Å². The monoisotopic (exact) mass is 341 g/mol. The molecule has 1 aliphatic heterocycles. The molecule has 1 atom stereocenters. The van der Waals surface area contributed by atoms with Crippen LogP contribution in [-0.2, 0) is 10.0 Å². The van der Waals surface area contributed by atoms with Crippen LogP contribution in [0.5, 0.6) is 0 Å². The van der Waals surface area contributed by atoms with Crippen LogP contribution in [0.4, 0.5) is 10.7 Å². The number of hydrogen-bond donors (Lipinski definition) is 1. The van der Waals surface area contributed by atoms with E-state index in [1.165, 1.54) is 10.6 Å². The van der Waals surface area contributed by atoms with Crippen LogP contribution in [-0.4, -0.2) is 65.6 Å². The summed E-state index contributed by atoms with van der Waals surface area (Å²) in [5.41, 5.74) is 0.852. The third kappa shape index (κ3) is 4.38. The highest BCUT2D eigenvalue weighted by Gasteiger charge is 2.32. The second kappa shape index (κ2) is 6.79. The number of hydrogen-bond acceptors (Lipinski definition) is 5. The second-order valence-corrected chi connectivity index (χ2v) is 7.99. The maximum Gasteiger partial charge on any atom is 0.324 e. The molecule has 1 fully saturated rings. The van der Waals surface area contributed by atoms with Gasteiger partial charge in [0, 0.05) is 37.6 Å². The number of nitrogens with one attached hydrogen (secondary N) is 1. The van der Waals surface area contributed by atoms with Crippen molar-refractivity contribution in [2.24, 2.45) is 0 Å². The number of amides is 2. The summed E-state index contributed by atoms with van der Waals surface area (Å²) in [6.45, 7) is 6.78. The third-order valence-electron chi connectivity index (χ3n) is 3.77. The van der Waals surface area contributed by atoms with Crippen LogP contribution in [0.2, 0.25) is 0 Å². The molecular formula is C14H23N5O3S. The predicted molar refractivity (Wildman–Crippen MR) is 87.7 cm³/mol. The van der Waals surface area contributed by atoms with Gasteiger partial charge in [-0.3, -0.25) is 5.32 Å². The van der Waals surface area contributed by atoms with Gasteiger partial charge in [0.15, 0.2) is 0 Å². The Morgan fingerprint density at radius 3 is 2.65 bits per heavy atom. The van der Waals surface area contributed by atoms with E-state index in [2.05, 4.69) is 15.3 Å². The van der Waals surface area contributed by atoms with Crippen LogP contribution in [0.25, 0.3) is 0 Å². The molecule has 0 radical (unpaired) electrons. The number of carbonyl (C=O) groups is 1. The molecule has 2 heterocycles. The molecule has 2 rings (SSSR count). The lowest BCUT2D eigenvalue weighted by Gasteiger charge is -2.38. The van der Waals surface area contributed by atoms with E-state index in [1.807, 2.05) is 19.9 Å². The van der Waals surface area contributed by atoms with E-state index in [0.29, 0.717) is 19.6 Å². The Balaban J connectivity index is 2.01. The second-order valence-electron chi connectivity index (χ2n) is 6.06. The van der Waals surface area contributed by atoms with Crippen LogP contribution < -0.4 is 5.32 Å². The first kappa shape index (κ1) is 17.6. The average Bonchev–Trinajstić information content (AvgIpc) is 2.46. The fourth-order valence-electron chi connectivity index (χ4n) is 2.55. The van der Waals surface area contributed by atoms with Gasteiger partial charge in [0.05, 0.1) is 6.26 Å². The fourth-order valence-corrected chi connectivity index (χ4v) is 3.68. The Morgan fingerprint density at radius 1 is 1.39 bits per heavy atom. The van der Waals surface area contributed by atoms with Crippen LogP contribution in [0.3, 0.4) is 0 Å². The molecule has 0 aliphatic carbocycles. The first-order valence-electron chi connectivity index (χ1n) is 7.54. The Kier molecular flexibility index (Phi) is 5.20. The van der Waals surface area contributed by atoms with Crippen molar-refractivity contribution in [2.75, 3.05) is 31.2 Å². The molecule has 9 heteroatoms. The largest absolute Gasteiger partial charge is 0.324 e. The van der Waals surface area contributed by atoms with E-state index in [-0.39, 0.29) is 23.9 Å². The minimum Gasteiger partial charge on any atom is -0.322 e. The van der Waals surface area contributed by atoms with E-state index in [0.717, 1.165) is 5.69 Å². The molecule has 0 unspecified atom stereocenters. The zero-order valence-electron chi connectivity index (χ0n) is 13.9. The van der Waals surface area contributed by atoms with Crippen molar-refractivity contribution in [3.05, 3.63) is 18.0 Å². The summed E-state index contributed by atoms with van der Waals surface area (Å²) in [7, 11) is -3.25. The lowest BCUT2D eigenvalue weighted by atomic mass is 10.1. The number of sulfonamides is 1. The molecular weight excluding hydrogens is 318 g/mol. The van der Waals surface area contributed by atoms with Crippen molar-refractivity contribution in [1.82, 2.24) is 19.2 Å². The van der Waals surface area contributed by atoms with E-state index < -0.39 is 10.0 Å². The highest BCUT2D eigenvalue weighted by Crippen LogP contribution is 2.15. The molecule has 1 saturated heterocycles. The fraction of sp³-hybridized carbons (Fsp3) is 0.643. The number of piperazine rings is 1. The van der Waals surface area contributed by atoms with Crippen molar-refractivity contribution in [3.8, 4) is 0 Å². The summed E-state index contributed by atoms with van der Waals surface area (Å²) in [5.74, 6) is 0.506. The summed E-state index contributed by atoms with van der Waals surface area (Å²) in [4.78, 5) is 22.3. The summed E-state index contributed by atoms with van der Waals surface area (Å²) >= 11 is 0. The highest BCUT2D eigenvalue weighted by molar-refractivity contribution is 7.88. The van der Waals surface area contributed by atoms with E-state index >= 15 is 0 Å². The van der Waals surface area contributed by atoms with Gasteiger partial charge in [-0.05, 0) is 18.9 Å². The lowest BCUT2D eigenvalue weighted by Crippen LogP contribution is -2.55. The number of aromatic nitrogens is 2. The van der Waals surface area contributed by atoms with Crippen LogP contribution in [0.1, 0.15) is 32.4 Å². The Morgan fingerprint density at radius 2 is 2.09 bits per heavy atom. The first-order valence-corrected chi connectivity index (χ1v) is 9.39. The van der Waals surface area contributed by atoms with Gasteiger partial charge >= 0.3 is 6.03 Å². The highest BCUT2D eigenvalue weighted by atomic mass is 32.2. The van der Waals surface area contributed by atoms with Crippen molar-refractivity contribution in [2.45, 2.75) is 32.7 Å². The topological polar surface area (TPSA) is 95.5 Å². The van der Waals surface area contributed by atoms with Gasteiger partial charge in [-0.25, -0.2) is 23.2 Å². The molecule has 0 saturated carbocycles. The third-order valence-corrected chi connectivity index (χ3v) is 5.16. The summed E-state index contributed by atoms with van der Waals surface area (Å²) < 4.78 is 24.7. The average molecular weight is 341 g/mol. The molecule has 1 N–H and O–H groups in total. The minimum atomic E-state index is -3.25. The molecule has 0 aromatic carbocycles. The van der Waals surface area contributed by atoms with Crippen LogP contribution in [0, 0.1) is 0 Å². The van der Waals surface area contributed by atoms with E-state index in [4.69, 9.17) is 0 Å². The number of rotatable bonds is 3. The van der Waals surface area contributed by atoms with Gasteiger partial charge < -0.3 is 4.90 Å². The number of urea groups is 1. The smallest absolute Gasteiger partial charge is 0.322 e. The predicted octanol–water partition coefficient (Wildman–Crippen LogP) is 1.10. The SMILES string of the molecule is CC(C)c1ccnc(NC(=O)N2CCN(S(C)(=O)=O)[C@@H](C)C2)n1. The van der Waals surface area contributed by atoms with Gasteiger partial charge in [-0.15, -0.1) is 0 Å². The number of anilines is 1. The van der Waals surface area contributed by atoms with Crippen LogP contribution in [0.15, 0.2) is 12.3 Å². The molecule has 128 valence electrons. The molecule has 1 aliphatic rings.